The Hall–Kier alpha value is -2.09. The molecule has 0 saturated heterocycles. The van der Waals surface area contributed by atoms with Crippen LogP contribution in [0.25, 0.3) is 0 Å². The van der Waals surface area contributed by atoms with Gasteiger partial charge in [-0.1, -0.05) is 37.7 Å². The van der Waals surface area contributed by atoms with Crippen LogP contribution in [0.2, 0.25) is 0 Å². The predicted octanol–water partition coefficient (Wildman–Crippen LogP) is 2.08. The number of amides is 1. The number of carbonyl (C=O) groups is 1. The molecule has 2 rings (SSSR count). The number of hydrogen-bond acceptors (Lipinski definition) is 7. The van der Waals surface area contributed by atoms with Gasteiger partial charge in [-0.25, -0.2) is 9.97 Å². The fourth-order valence-corrected chi connectivity index (χ4v) is 2.12. The molecule has 3 N–H and O–H groups in total. The summed E-state index contributed by atoms with van der Waals surface area (Å²) >= 11 is 1.21. The standard InChI is InChI=1S/C13H17N5O2S/c1-13(2,3)8-6-10(20-18-8)17-9(19)7-21-12-11(14)15-4-5-16-12/h4-6H,7H2,1-3H3,(H2,14,15)(H,17,19). The number of nitrogen functional groups attached to an aromatic ring is 1. The van der Waals surface area contributed by atoms with Crippen molar-refractivity contribution >= 4 is 29.4 Å². The Kier molecular flexibility index (Phi) is 4.46. The number of nitrogens with two attached hydrogens (primary N) is 1. The van der Waals surface area contributed by atoms with E-state index in [2.05, 4.69) is 20.4 Å². The van der Waals surface area contributed by atoms with Crippen LogP contribution in [0.5, 0.6) is 0 Å². The summed E-state index contributed by atoms with van der Waals surface area (Å²) in [6.07, 6.45) is 3.03. The molecule has 0 unspecified atom stereocenters. The van der Waals surface area contributed by atoms with E-state index in [9.17, 15) is 4.79 Å². The summed E-state index contributed by atoms with van der Waals surface area (Å²) in [6.45, 7) is 6.05. The highest BCUT2D eigenvalue weighted by molar-refractivity contribution is 8.00. The van der Waals surface area contributed by atoms with Crippen LogP contribution in [0.15, 0.2) is 28.0 Å². The van der Waals surface area contributed by atoms with Gasteiger partial charge in [0.15, 0.2) is 5.82 Å². The van der Waals surface area contributed by atoms with Crippen LogP contribution in [0, 0.1) is 0 Å². The van der Waals surface area contributed by atoms with E-state index in [0.717, 1.165) is 5.69 Å². The molecule has 7 nitrogen and oxygen atoms in total. The van der Waals surface area contributed by atoms with E-state index >= 15 is 0 Å². The first-order valence-corrected chi connectivity index (χ1v) is 7.31. The summed E-state index contributed by atoms with van der Waals surface area (Å²) in [4.78, 5) is 19.8. The molecule has 0 aliphatic carbocycles. The lowest BCUT2D eigenvalue weighted by molar-refractivity contribution is -0.113. The highest BCUT2D eigenvalue weighted by Gasteiger charge is 2.19. The number of nitrogens with one attached hydrogen (secondary N) is 1. The Labute approximate surface area is 126 Å². The Morgan fingerprint density at radius 2 is 2.10 bits per heavy atom. The Morgan fingerprint density at radius 3 is 2.71 bits per heavy atom. The molecule has 0 bridgehead atoms. The monoisotopic (exact) mass is 307 g/mol. The lowest BCUT2D eigenvalue weighted by Crippen LogP contribution is -2.14. The van der Waals surface area contributed by atoms with E-state index in [4.69, 9.17) is 10.3 Å². The van der Waals surface area contributed by atoms with Gasteiger partial charge in [-0.2, -0.15) is 0 Å². The molecule has 2 heterocycles. The minimum absolute atomic E-state index is 0.130. The first-order valence-electron chi connectivity index (χ1n) is 6.32. The number of hydrogen-bond donors (Lipinski definition) is 2. The molecule has 8 heteroatoms. The molecule has 0 radical (unpaired) electrons. The molecule has 21 heavy (non-hydrogen) atoms. The van der Waals surface area contributed by atoms with Crippen molar-refractivity contribution in [1.82, 2.24) is 15.1 Å². The summed E-state index contributed by atoms with van der Waals surface area (Å²) in [5, 5.41) is 7.11. The van der Waals surface area contributed by atoms with Crippen molar-refractivity contribution < 1.29 is 9.32 Å². The van der Waals surface area contributed by atoms with Crippen molar-refractivity contribution in [2.75, 3.05) is 16.8 Å². The van der Waals surface area contributed by atoms with Crippen molar-refractivity contribution in [3.05, 3.63) is 24.2 Å². The predicted molar refractivity (Wildman–Crippen MR) is 81.0 cm³/mol. The van der Waals surface area contributed by atoms with Crippen LogP contribution >= 0.6 is 11.8 Å². The maximum atomic E-state index is 11.8. The van der Waals surface area contributed by atoms with Gasteiger partial charge in [0, 0.05) is 23.9 Å². The Morgan fingerprint density at radius 1 is 1.38 bits per heavy atom. The zero-order valence-electron chi connectivity index (χ0n) is 12.1. The van der Waals surface area contributed by atoms with Gasteiger partial charge in [-0.05, 0) is 0 Å². The highest BCUT2D eigenvalue weighted by atomic mass is 32.2. The fraction of sp³-hybridized carbons (Fsp3) is 0.385. The largest absolute Gasteiger partial charge is 0.381 e. The fourth-order valence-electron chi connectivity index (χ4n) is 1.44. The average molecular weight is 307 g/mol. The van der Waals surface area contributed by atoms with Gasteiger partial charge in [0.05, 0.1) is 11.4 Å². The van der Waals surface area contributed by atoms with E-state index in [1.165, 1.54) is 24.2 Å². The third-order valence-corrected chi connectivity index (χ3v) is 3.57. The number of aromatic nitrogens is 3. The van der Waals surface area contributed by atoms with E-state index < -0.39 is 0 Å². The summed E-state index contributed by atoms with van der Waals surface area (Å²) < 4.78 is 5.09. The second-order valence-corrected chi connectivity index (χ2v) is 6.37. The van der Waals surface area contributed by atoms with E-state index in [0.29, 0.717) is 16.7 Å². The van der Waals surface area contributed by atoms with Gasteiger partial charge < -0.3 is 10.3 Å². The van der Waals surface area contributed by atoms with Crippen LogP contribution in [-0.4, -0.2) is 26.8 Å². The zero-order valence-corrected chi connectivity index (χ0v) is 12.9. The summed E-state index contributed by atoms with van der Waals surface area (Å²) in [5.41, 5.74) is 6.31. The second-order valence-electron chi connectivity index (χ2n) is 5.41. The van der Waals surface area contributed by atoms with Gasteiger partial charge in [-0.3, -0.25) is 10.1 Å². The average Bonchev–Trinajstić information content (AvgIpc) is 2.86. The number of nitrogens with zero attached hydrogens (tertiary/aromatic N) is 3. The van der Waals surface area contributed by atoms with Gasteiger partial charge >= 0.3 is 0 Å². The molecule has 0 spiro atoms. The second kappa shape index (κ2) is 6.13. The first kappa shape index (κ1) is 15.3. The highest BCUT2D eigenvalue weighted by Crippen LogP contribution is 2.24. The van der Waals surface area contributed by atoms with Gasteiger partial charge in [0.25, 0.3) is 0 Å². The maximum Gasteiger partial charge on any atom is 0.237 e. The SMILES string of the molecule is CC(C)(C)c1cc(NC(=O)CSc2nccnc2N)on1. The van der Waals surface area contributed by atoms with Crippen LogP contribution in [0.4, 0.5) is 11.7 Å². The summed E-state index contributed by atoms with van der Waals surface area (Å²) in [7, 11) is 0. The minimum atomic E-state index is -0.221. The van der Waals surface area contributed by atoms with Gasteiger partial charge in [0.2, 0.25) is 11.8 Å². The molecule has 0 fully saturated rings. The van der Waals surface area contributed by atoms with Crippen LogP contribution in [0.1, 0.15) is 26.5 Å². The molecule has 0 aromatic carbocycles. The molecule has 0 aliphatic heterocycles. The van der Waals surface area contributed by atoms with Crippen LogP contribution in [-0.2, 0) is 10.2 Å². The van der Waals surface area contributed by atoms with Crippen LogP contribution in [0.3, 0.4) is 0 Å². The van der Waals surface area contributed by atoms with E-state index in [1.54, 1.807) is 6.07 Å². The Bertz CT molecular complexity index is 635. The zero-order chi connectivity index (χ0) is 15.5. The topological polar surface area (TPSA) is 107 Å². The third-order valence-electron chi connectivity index (χ3n) is 2.57. The van der Waals surface area contributed by atoms with Crippen molar-refractivity contribution in [3.63, 3.8) is 0 Å². The van der Waals surface area contributed by atoms with Crippen molar-refractivity contribution in [2.45, 2.75) is 31.2 Å². The first-order chi connectivity index (χ1) is 9.86. The minimum Gasteiger partial charge on any atom is -0.381 e. The normalized spacial score (nSPS) is 11.4. The van der Waals surface area contributed by atoms with Gasteiger partial charge in [-0.15, -0.1) is 0 Å². The molecule has 2 aromatic heterocycles. The molecule has 0 atom stereocenters. The van der Waals surface area contributed by atoms with Crippen molar-refractivity contribution in [2.24, 2.45) is 0 Å². The molecule has 1 amide bonds. The molecule has 0 aliphatic rings. The van der Waals surface area contributed by atoms with Crippen LogP contribution < -0.4 is 11.1 Å². The van der Waals surface area contributed by atoms with E-state index in [1.807, 2.05) is 20.8 Å². The third kappa shape index (κ3) is 4.19. The molecule has 2 aromatic rings. The number of thioether (sulfide) groups is 1. The summed E-state index contributed by atoms with van der Waals surface area (Å²) in [5.74, 6) is 0.582. The molecule has 0 saturated carbocycles. The number of carbonyl (C=O) groups excluding carboxylic acids is 1. The van der Waals surface area contributed by atoms with E-state index in [-0.39, 0.29) is 17.1 Å². The quantitative estimate of drug-likeness (QED) is 0.832. The molecular weight excluding hydrogens is 290 g/mol. The van der Waals surface area contributed by atoms with Gasteiger partial charge in [0.1, 0.15) is 5.03 Å². The van der Waals surface area contributed by atoms with Crippen molar-refractivity contribution in [3.8, 4) is 0 Å². The smallest absolute Gasteiger partial charge is 0.237 e. The maximum absolute atomic E-state index is 11.8. The number of anilines is 2. The van der Waals surface area contributed by atoms with Crippen molar-refractivity contribution in [1.29, 1.82) is 0 Å². The lowest BCUT2D eigenvalue weighted by atomic mass is 9.92. The number of rotatable bonds is 4. The lowest BCUT2D eigenvalue weighted by Gasteiger charge is -2.12. The summed E-state index contributed by atoms with van der Waals surface area (Å²) in [6, 6.07) is 1.72. The Balaban J connectivity index is 1.90. The molecular formula is C13H17N5O2S. The molecule has 112 valence electrons.